The standard InChI is InChI=1S/C26H25N3O3S2/c1-4-32-20-9-6-18(7-10-20)25(31)27-19-8-12-22-23(14-19)34-26(29-22)33-15-24(30)28-21-11-5-16(2)13-17(21)3/h5-14H,4,15H2,1-3H3,(H,27,31)(H,28,30). The number of hydrogen-bond acceptors (Lipinski definition) is 6. The van der Waals surface area contributed by atoms with E-state index in [-0.39, 0.29) is 17.6 Å². The van der Waals surface area contributed by atoms with Gasteiger partial charge in [0, 0.05) is 16.9 Å². The second kappa shape index (κ2) is 10.7. The summed E-state index contributed by atoms with van der Waals surface area (Å²) in [6.45, 7) is 6.51. The Kier molecular flexibility index (Phi) is 7.49. The molecule has 1 heterocycles. The van der Waals surface area contributed by atoms with Crippen LogP contribution in [0.5, 0.6) is 5.75 Å². The van der Waals surface area contributed by atoms with Crippen LogP contribution in [0, 0.1) is 13.8 Å². The third kappa shape index (κ3) is 5.95. The Bertz CT molecular complexity index is 1330. The third-order valence-electron chi connectivity index (χ3n) is 5.04. The first-order chi connectivity index (χ1) is 16.4. The van der Waals surface area contributed by atoms with Gasteiger partial charge in [-0.1, -0.05) is 29.5 Å². The summed E-state index contributed by atoms with van der Waals surface area (Å²) in [4.78, 5) is 29.6. The Balaban J connectivity index is 1.36. The molecular weight excluding hydrogens is 466 g/mol. The monoisotopic (exact) mass is 491 g/mol. The summed E-state index contributed by atoms with van der Waals surface area (Å²) in [5, 5.41) is 5.89. The second-order valence-corrected chi connectivity index (χ2v) is 9.98. The number of carbonyl (C=O) groups excluding carboxylic acids is 2. The van der Waals surface area contributed by atoms with E-state index in [1.165, 1.54) is 23.1 Å². The predicted octanol–water partition coefficient (Wildman–Crippen LogP) is 6.29. The van der Waals surface area contributed by atoms with Crippen LogP contribution in [0.25, 0.3) is 10.2 Å². The van der Waals surface area contributed by atoms with E-state index in [1.54, 1.807) is 24.3 Å². The zero-order chi connectivity index (χ0) is 24.1. The molecule has 0 aliphatic heterocycles. The SMILES string of the molecule is CCOc1ccc(C(=O)Nc2ccc3nc(SCC(=O)Nc4ccc(C)cc4C)sc3c2)cc1. The van der Waals surface area contributed by atoms with Crippen LogP contribution in [-0.2, 0) is 4.79 Å². The zero-order valence-electron chi connectivity index (χ0n) is 19.2. The molecule has 0 saturated heterocycles. The molecule has 34 heavy (non-hydrogen) atoms. The highest BCUT2D eigenvalue weighted by molar-refractivity contribution is 8.01. The first-order valence-corrected chi connectivity index (χ1v) is 12.7. The summed E-state index contributed by atoms with van der Waals surface area (Å²) in [7, 11) is 0. The Hall–Kier alpha value is -3.36. The minimum absolute atomic E-state index is 0.0699. The van der Waals surface area contributed by atoms with Crippen molar-refractivity contribution in [3.63, 3.8) is 0 Å². The first kappa shape index (κ1) is 23.8. The van der Waals surface area contributed by atoms with Gasteiger partial charge < -0.3 is 15.4 Å². The molecule has 0 fully saturated rings. The number of aryl methyl sites for hydroxylation is 2. The molecule has 0 bridgehead atoms. The van der Waals surface area contributed by atoms with Crippen molar-refractivity contribution in [1.29, 1.82) is 0 Å². The molecule has 1 aromatic heterocycles. The van der Waals surface area contributed by atoms with E-state index in [1.807, 2.05) is 57.2 Å². The van der Waals surface area contributed by atoms with Gasteiger partial charge in [-0.2, -0.15) is 0 Å². The van der Waals surface area contributed by atoms with Gasteiger partial charge in [-0.15, -0.1) is 11.3 Å². The molecule has 8 heteroatoms. The number of nitrogens with zero attached hydrogens (tertiary/aromatic N) is 1. The molecule has 0 aliphatic carbocycles. The average molecular weight is 492 g/mol. The molecule has 3 aromatic carbocycles. The molecule has 0 spiro atoms. The summed E-state index contributed by atoms with van der Waals surface area (Å²) in [5.74, 6) is 0.746. The molecule has 0 atom stereocenters. The summed E-state index contributed by atoms with van der Waals surface area (Å²) in [6, 6.07) is 18.6. The summed E-state index contributed by atoms with van der Waals surface area (Å²) < 4.78 is 7.17. The fourth-order valence-electron chi connectivity index (χ4n) is 3.38. The summed E-state index contributed by atoms with van der Waals surface area (Å²) in [6.07, 6.45) is 0. The first-order valence-electron chi connectivity index (χ1n) is 10.9. The van der Waals surface area contributed by atoms with Crippen LogP contribution in [0.1, 0.15) is 28.4 Å². The Morgan fingerprint density at radius 1 is 1.00 bits per heavy atom. The predicted molar refractivity (Wildman–Crippen MR) is 140 cm³/mol. The van der Waals surface area contributed by atoms with Crippen molar-refractivity contribution in [1.82, 2.24) is 4.98 Å². The van der Waals surface area contributed by atoms with E-state index in [4.69, 9.17) is 4.74 Å². The summed E-state index contributed by atoms with van der Waals surface area (Å²) in [5.41, 5.74) is 5.11. The number of ether oxygens (including phenoxy) is 1. The molecule has 6 nitrogen and oxygen atoms in total. The van der Waals surface area contributed by atoms with E-state index in [9.17, 15) is 9.59 Å². The molecule has 0 saturated carbocycles. The highest BCUT2D eigenvalue weighted by Gasteiger charge is 2.11. The highest BCUT2D eigenvalue weighted by Crippen LogP contribution is 2.31. The highest BCUT2D eigenvalue weighted by atomic mass is 32.2. The van der Waals surface area contributed by atoms with Gasteiger partial charge in [0.15, 0.2) is 4.34 Å². The number of amides is 2. The molecule has 0 unspecified atom stereocenters. The average Bonchev–Trinajstić information content (AvgIpc) is 3.22. The fourth-order valence-corrected chi connectivity index (χ4v) is 5.29. The number of nitrogens with one attached hydrogen (secondary N) is 2. The van der Waals surface area contributed by atoms with E-state index in [2.05, 4.69) is 15.6 Å². The minimum atomic E-state index is -0.190. The molecule has 4 aromatic rings. The van der Waals surface area contributed by atoms with Gasteiger partial charge in [-0.05, 0) is 74.9 Å². The van der Waals surface area contributed by atoms with Gasteiger partial charge in [-0.3, -0.25) is 9.59 Å². The zero-order valence-corrected chi connectivity index (χ0v) is 20.8. The number of thioether (sulfide) groups is 1. The minimum Gasteiger partial charge on any atom is -0.494 e. The van der Waals surface area contributed by atoms with Crippen LogP contribution in [-0.4, -0.2) is 29.2 Å². The maximum absolute atomic E-state index is 12.6. The Morgan fingerprint density at radius 2 is 1.79 bits per heavy atom. The molecule has 2 amide bonds. The van der Waals surface area contributed by atoms with Crippen molar-refractivity contribution >= 4 is 56.5 Å². The normalized spacial score (nSPS) is 10.8. The van der Waals surface area contributed by atoms with E-state index >= 15 is 0 Å². The van der Waals surface area contributed by atoms with Crippen LogP contribution in [0.15, 0.2) is 65.0 Å². The van der Waals surface area contributed by atoms with Gasteiger partial charge in [0.25, 0.3) is 5.91 Å². The van der Waals surface area contributed by atoms with Crippen LogP contribution in [0.3, 0.4) is 0 Å². The number of thiazole rings is 1. The number of rotatable bonds is 8. The molecule has 174 valence electrons. The van der Waals surface area contributed by atoms with Gasteiger partial charge in [0.1, 0.15) is 5.75 Å². The number of anilines is 2. The van der Waals surface area contributed by atoms with Crippen LogP contribution < -0.4 is 15.4 Å². The largest absolute Gasteiger partial charge is 0.494 e. The van der Waals surface area contributed by atoms with E-state index < -0.39 is 0 Å². The van der Waals surface area contributed by atoms with Gasteiger partial charge in [0.05, 0.1) is 22.6 Å². The van der Waals surface area contributed by atoms with Crippen molar-refractivity contribution in [3.05, 3.63) is 77.4 Å². The number of benzene rings is 3. The van der Waals surface area contributed by atoms with Gasteiger partial charge >= 0.3 is 0 Å². The van der Waals surface area contributed by atoms with Crippen LogP contribution in [0.4, 0.5) is 11.4 Å². The fraction of sp³-hybridized carbons (Fsp3) is 0.192. The van der Waals surface area contributed by atoms with Gasteiger partial charge in [-0.25, -0.2) is 4.98 Å². The van der Waals surface area contributed by atoms with E-state index in [0.717, 1.165) is 37.1 Å². The molecular formula is C26H25N3O3S2. The van der Waals surface area contributed by atoms with Crippen molar-refractivity contribution < 1.29 is 14.3 Å². The third-order valence-corrected chi connectivity index (χ3v) is 7.20. The summed E-state index contributed by atoms with van der Waals surface area (Å²) >= 11 is 2.90. The smallest absolute Gasteiger partial charge is 0.255 e. The van der Waals surface area contributed by atoms with Crippen molar-refractivity contribution in [2.45, 2.75) is 25.1 Å². The maximum atomic E-state index is 12.6. The maximum Gasteiger partial charge on any atom is 0.255 e. The molecule has 2 N–H and O–H groups in total. The molecule has 0 radical (unpaired) electrons. The van der Waals surface area contributed by atoms with E-state index in [0.29, 0.717) is 17.9 Å². The Morgan fingerprint density at radius 3 is 2.53 bits per heavy atom. The van der Waals surface area contributed by atoms with Crippen molar-refractivity contribution in [2.24, 2.45) is 0 Å². The topological polar surface area (TPSA) is 80.3 Å². The number of aromatic nitrogens is 1. The molecule has 0 aliphatic rings. The Labute approximate surface area is 206 Å². The quantitative estimate of drug-likeness (QED) is 0.283. The lowest BCUT2D eigenvalue weighted by Crippen LogP contribution is -2.14. The lowest BCUT2D eigenvalue weighted by Gasteiger charge is -2.08. The van der Waals surface area contributed by atoms with Crippen molar-refractivity contribution in [3.8, 4) is 5.75 Å². The lowest BCUT2D eigenvalue weighted by molar-refractivity contribution is -0.113. The van der Waals surface area contributed by atoms with Gasteiger partial charge in [0.2, 0.25) is 5.91 Å². The van der Waals surface area contributed by atoms with Crippen LogP contribution in [0.2, 0.25) is 0 Å². The number of fused-ring (bicyclic) bond motifs is 1. The number of carbonyl (C=O) groups is 2. The van der Waals surface area contributed by atoms with Crippen molar-refractivity contribution in [2.75, 3.05) is 23.0 Å². The lowest BCUT2D eigenvalue weighted by atomic mass is 10.1. The number of hydrogen-bond donors (Lipinski definition) is 2. The second-order valence-electron chi connectivity index (χ2n) is 7.73. The van der Waals surface area contributed by atoms with Crippen LogP contribution >= 0.6 is 23.1 Å². The molecule has 4 rings (SSSR count).